The Morgan fingerprint density at radius 3 is 2.00 bits per heavy atom. The first-order valence-electron chi connectivity index (χ1n) is 7.10. The second-order valence-corrected chi connectivity index (χ2v) is 5.36. The Morgan fingerprint density at radius 1 is 1.05 bits per heavy atom. The van der Waals surface area contributed by atoms with Crippen molar-refractivity contribution in [3.8, 4) is 0 Å². The molecule has 0 spiro atoms. The first kappa shape index (κ1) is 14.3. The van der Waals surface area contributed by atoms with E-state index in [4.69, 9.17) is 9.76 Å². The van der Waals surface area contributed by atoms with Crippen LogP contribution in [0.15, 0.2) is 60.7 Å². The van der Waals surface area contributed by atoms with Crippen molar-refractivity contribution in [2.75, 3.05) is 0 Å². The van der Waals surface area contributed by atoms with E-state index in [0.717, 1.165) is 10.9 Å². The van der Waals surface area contributed by atoms with Gasteiger partial charge >= 0.3 is 5.97 Å². The van der Waals surface area contributed by atoms with E-state index in [1.807, 2.05) is 60.7 Å². The second kappa shape index (κ2) is 5.65. The van der Waals surface area contributed by atoms with Gasteiger partial charge in [-0.1, -0.05) is 60.7 Å². The van der Waals surface area contributed by atoms with Crippen LogP contribution in [0.3, 0.4) is 0 Å². The number of hydrogen-bond acceptors (Lipinski definition) is 4. The van der Waals surface area contributed by atoms with Gasteiger partial charge in [0, 0.05) is 0 Å². The number of hydrogen-bond donors (Lipinski definition) is 2. The van der Waals surface area contributed by atoms with Gasteiger partial charge in [0.05, 0.1) is 12.5 Å². The third-order valence-electron chi connectivity index (χ3n) is 3.93. The first-order chi connectivity index (χ1) is 10.6. The summed E-state index contributed by atoms with van der Waals surface area (Å²) in [5.41, 5.74) is 1.63. The van der Waals surface area contributed by atoms with Crippen LogP contribution in [0.25, 0.3) is 0 Å². The molecule has 0 bridgehead atoms. The summed E-state index contributed by atoms with van der Waals surface area (Å²) in [7, 11) is 0. The molecule has 1 unspecified atom stereocenters. The third-order valence-corrected chi connectivity index (χ3v) is 3.93. The Hall–Kier alpha value is -2.60. The van der Waals surface area contributed by atoms with Crippen LogP contribution in [0.2, 0.25) is 0 Å². The maximum absolute atomic E-state index is 12.1. The summed E-state index contributed by atoms with van der Waals surface area (Å²) in [5, 5.41) is 12.1. The molecule has 0 radical (unpaired) electrons. The lowest BCUT2D eigenvalue weighted by Crippen LogP contribution is -2.68. The minimum atomic E-state index is -1.96. The highest BCUT2D eigenvalue weighted by Gasteiger charge is 2.43. The average Bonchev–Trinajstić information content (AvgIpc) is 2.86. The molecule has 2 N–H and O–H groups in total. The van der Waals surface area contributed by atoms with Crippen molar-refractivity contribution < 1.29 is 19.3 Å². The molecule has 5 nitrogen and oxygen atoms in total. The van der Waals surface area contributed by atoms with E-state index in [9.17, 15) is 9.59 Å². The predicted octanol–water partition coefficient (Wildman–Crippen LogP) is 0.233. The summed E-state index contributed by atoms with van der Waals surface area (Å²) in [6.45, 7) is -1.96. The molecule has 1 atom stereocenters. The lowest BCUT2D eigenvalue weighted by molar-refractivity contribution is -0.142. The van der Waals surface area contributed by atoms with Gasteiger partial charge < -0.3 is 15.0 Å². The van der Waals surface area contributed by atoms with Crippen molar-refractivity contribution in [3.05, 3.63) is 60.7 Å². The number of carbonyl (C=O) groups is 2. The van der Waals surface area contributed by atoms with Crippen LogP contribution in [0.5, 0.6) is 0 Å². The second-order valence-electron chi connectivity index (χ2n) is 5.36. The summed E-state index contributed by atoms with van der Waals surface area (Å²) in [6, 6.07) is 17.8. The molecule has 0 aliphatic carbocycles. The zero-order valence-corrected chi connectivity index (χ0v) is 11.8. The number of carboxylic acid groups (broad SMARTS) is 1. The smallest absolute Gasteiger partial charge is 0.305 e. The molecule has 1 heterocycles. The van der Waals surface area contributed by atoms with Crippen LogP contribution in [0.4, 0.5) is 0 Å². The van der Waals surface area contributed by atoms with Crippen molar-refractivity contribution in [2.45, 2.75) is 12.5 Å². The molecular formula is C16H15BNO4-. The van der Waals surface area contributed by atoms with Gasteiger partial charge in [0.15, 0.2) is 0 Å². The van der Waals surface area contributed by atoms with E-state index < -0.39 is 24.5 Å². The van der Waals surface area contributed by atoms with Gasteiger partial charge in [0.1, 0.15) is 0 Å². The quantitative estimate of drug-likeness (QED) is 0.790. The number of carboxylic acids is 1. The molecule has 22 heavy (non-hydrogen) atoms. The predicted molar refractivity (Wildman–Crippen MR) is 83.2 cm³/mol. The van der Waals surface area contributed by atoms with Crippen molar-refractivity contribution in [2.24, 2.45) is 0 Å². The molecular weight excluding hydrogens is 281 g/mol. The highest BCUT2D eigenvalue weighted by molar-refractivity contribution is 6.97. The Bertz CT molecular complexity index is 650. The molecule has 0 saturated carbocycles. The molecule has 1 aliphatic heterocycles. The Balaban J connectivity index is 2.07. The van der Waals surface area contributed by atoms with Crippen LogP contribution in [-0.2, 0) is 14.2 Å². The average molecular weight is 296 g/mol. The van der Waals surface area contributed by atoms with E-state index in [1.54, 1.807) is 0 Å². The third kappa shape index (κ3) is 2.49. The minimum Gasteiger partial charge on any atom is -0.667 e. The van der Waals surface area contributed by atoms with E-state index in [2.05, 4.69) is 5.23 Å². The fourth-order valence-corrected chi connectivity index (χ4v) is 2.93. The fraction of sp³-hybridized carbons (Fsp3) is 0.125. The molecule has 1 aliphatic rings. The van der Waals surface area contributed by atoms with Gasteiger partial charge in [-0.25, -0.2) is 0 Å². The fourth-order valence-electron chi connectivity index (χ4n) is 2.93. The Kier molecular flexibility index (Phi) is 3.69. The van der Waals surface area contributed by atoms with Gasteiger partial charge in [-0.2, -0.15) is 0 Å². The van der Waals surface area contributed by atoms with Crippen molar-refractivity contribution in [1.29, 1.82) is 0 Å². The summed E-state index contributed by atoms with van der Waals surface area (Å²) < 4.78 is 5.68. The number of carbonyl (C=O) groups excluding carboxylic acids is 1. The molecule has 3 rings (SSSR count). The van der Waals surface area contributed by atoms with E-state index in [0.29, 0.717) is 0 Å². The van der Waals surface area contributed by atoms with Gasteiger partial charge in [-0.3, -0.25) is 9.59 Å². The summed E-state index contributed by atoms with van der Waals surface area (Å²) in [5.74, 6) is -1.57. The van der Waals surface area contributed by atoms with Gasteiger partial charge in [-0.05, 0) is 0 Å². The molecule has 1 saturated heterocycles. The highest BCUT2D eigenvalue weighted by atomic mass is 16.5. The standard InChI is InChI=1S/C16H15BNO4/c19-15(20)11-14-16(21)22-17(18-14,12-7-3-1-4-8-12)13-9-5-2-6-10-13/h1-10,14,18H,11H2,(H,19,20)/q-1. The van der Waals surface area contributed by atoms with Crippen LogP contribution in [0.1, 0.15) is 6.42 Å². The monoisotopic (exact) mass is 296 g/mol. The van der Waals surface area contributed by atoms with E-state index >= 15 is 0 Å². The van der Waals surface area contributed by atoms with Gasteiger partial charge in [0.2, 0.25) is 0 Å². The summed E-state index contributed by atoms with van der Waals surface area (Å²) in [4.78, 5) is 23.1. The lowest BCUT2D eigenvalue weighted by Gasteiger charge is -2.37. The number of nitrogens with one attached hydrogen (secondary N) is 1. The van der Waals surface area contributed by atoms with Crippen LogP contribution in [-0.4, -0.2) is 29.6 Å². The van der Waals surface area contributed by atoms with Crippen LogP contribution < -0.4 is 16.2 Å². The van der Waals surface area contributed by atoms with Crippen molar-refractivity contribution >= 4 is 29.3 Å². The van der Waals surface area contributed by atoms with Crippen LogP contribution in [0, 0.1) is 0 Å². The summed E-state index contributed by atoms with van der Waals surface area (Å²) in [6.07, 6.45) is -0.304. The normalized spacial score (nSPS) is 19.6. The molecule has 2 aromatic rings. The molecule has 0 aromatic heterocycles. The topological polar surface area (TPSA) is 75.6 Å². The van der Waals surface area contributed by atoms with Crippen LogP contribution >= 0.6 is 0 Å². The molecule has 0 amide bonds. The zero-order valence-electron chi connectivity index (χ0n) is 11.8. The first-order valence-corrected chi connectivity index (χ1v) is 7.10. The van der Waals surface area contributed by atoms with E-state index in [-0.39, 0.29) is 6.42 Å². The Morgan fingerprint density at radius 2 is 1.55 bits per heavy atom. The maximum atomic E-state index is 12.1. The lowest BCUT2D eigenvalue weighted by atomic mass is 9.42. The molecule has 6 heteroatoms. The van der Waals surface area contributed by atoms with Gasteiger partial charge in [0.25, 0.3) is 12.5 Å². The number of aliphatic carboxylic acids is 1. The molecule has 1 fully saturated rings. The number of rotatable bonds is 4. The van der Waals surface area contributed by atoms with Crippen molar-refractivity contribution in [3.63, 3.8) is 0 Å². The molecule has 2 aromatic carbocycles. The zero-order chi connectivity index (χ0) is 15.6. The Labute approximate surface area is 127 Å². The summed E-state index contributed by atoms with van der Waals surface area (Å²) >= 11 is 0. The number of benzene rings is 2. The molecule has 112 valence electrons. The largest absolute Gasteiger partial charge is 0.667 e. The SMILES string of the molecule is O=C(O)CC1N[B-](c2ccccc2)(c2ccccc2)OC1=O. The minimum absolute atomic E-state index is 0.304. The maximum Gasteiger partial charge on any atom is 0.305 e. The highest BCUT2D eigenvalue weighted by Crippen LogP contribution is 2.16. The van der Waals surface area contributed by atoms with Gasteiger partial charge in [-0.15, -0.1) is 10.9 Å². The van der Waals surface area contributed by atoms with Crippen molar-refractivity contribution in [1.82, 2.24) is 5.23 Å². The van der Waals surface area contributed by atoms with E-state index in [1.165, 1.54) is 0 Å².